The van der Waals surface area contributed by atoms with Gasteiger partial charge in [-0.25, -0.2) is 0 Å². The lowest BCUT2D eigenvalue weighted by Crippen LogP contribution is -2.10. The van der Waals surface area contributed by atoms with Crippen LogP contribution in [0.1, 0.15) is 125 Å². The van der Waals surface area contributed by atoms with E-state index < -0.39 is 0 Å². The Morgan fingerprint density at radius 2 is 0.726 bits per heavy atom. The van der Waals surface area contributed by atoms with Gasteiger partial charge in [0.05, 0.1) is 39.1 Å². The van der Waals surface area contributed by atoms with Crippen molar-refractivity contribution in [1.82, 2.24) is 13.7 Å². The van der Waals surface area contributed by atoms with E-state index in [9.17, 15) is 0 Å². The molecule has 1 unspecified atom stereocenters. The van der Waals surface area contributed by atoms with Crippen LogP contribution in [0.5, 0.6) is 0 Å². The molecule has 3 heterocycles. The normalized spacial score (nSPS) is 15.6. The second-order valence-electron chi connectivity index (χ2n) is 22.5. The number of fused-ring (bicyclic) bond motifs is 9. The molecule has 3 aromatic heterocycles. The van der Waals surface area contributed by atoms with Crippen LogP contribution in [0.3, 0.4) is 0 Å². The minimum absolute atomic E-state index is 0.0488. The van der Waals surface area contributed by atoms with Gasteiger partial charge in [-0.1, -0.05) is 143 Å². The van der Waals surface area contributed by atoms with Gasteiger partial charge < -0.3 is 13.7 Å². The van der Waals surface area contributed by atoms with Crippen LogP contribution in [0, 0.1) is 0 Å². The predicted octanol–water partition coefficient (Wildman–Crippen LogP) is 16.6. The van der Waals surface area contributed by atoms with Gasteiger partial charge in [-0.2, -0.15) is 0 Å². The molecule has 0 spiro atoms. The summed E-state index contributed by atoms with van der Waals surface area (Å²) in [5.74, 6) is 0. The van der Waals surface area contributed by atoms with Gasteiger partial charge in [-0.15, -0.1) is 0 Å². The first-order valence-corrected chi connectivity index (χ1v) is 22.8. The van der Waals surface area contributed by atoms with Crippen LogP contribution >= 0.6 is 0 Å². The van der Waals surface area contributed by atoms with E-state index in [4.69, 9.17) is 0 Å². The topological polar surface area (TPSA) is 14.8 Å². The molecule has 314 valence electrons. The number of hydrogen-bond donors (Lipinski definition) is 0. The highest BCUT2D eigenvalue weighted by Crippen LogP contribution is 2.43. The highest BCUT2D eigenvalue weighted by molar-refractivity contribution is 6.13. The molecule has 1 atom stereocenters. The highest BCUT2D eigenvalue weighted by atomic mass is 15.0. The first-order chi connectivity index (χ1) is 29.2. The van der Waals surface area contributed by atoms with Crippen molar-refractivity contribution in [2.45, 2.75) is 124 Å². The molecule has 9 aromatic rings. The molecular formula is C59H63N3. The maximum absolute atomic E-state index is 2.63. The average molecular weight is 814 g/mol. The Bertz CT molecular complexity index is 3010. The summed E-state index contributed by atoms with van der Waals surface area (Å²) in [7, 11) is 0. The molecule has 3 nitrogen and oxygen atoms in total. The molecule has 3 heteroatoms. The third kappa shape index (κ3) is 6.45. The first-order valence-electron chi connectivity index (χ1n) is 22.8. The number of allylic oxidation sites excluding steroid dienone is 4. The third-order valence-corrected chi connectivity index (χ3v) is 13.9. The quantitative estimate of drug-likeness (QED) is 0.169. The SMILES string of the molecule is CC1=CCC(n2c3cc(-n4c5ccc(C(C)(C)C)cc5c5cc(C(C)(C)C)ccc54)ccc3c3ccc(-n4c5ccc(C(C)(C)C)cc5c5cc(C(C)(C)C)ccc54)cc32)C=C1. The summed E-state index contributed by atoms with van der Waals surface area (Å²) in [5, 5.41) is 7.83. The highest BCUT2D eigenvalue weighted by Gasteiger charge is 2.25. The van der Waals surface area contributed by atoms with Crippen molar-refractivity contribution >= 4 is 65.4 Å². The van der Waals surface area contributed by atoms with Gasteiger partial charge in [-0.05, 0) is 130 Å². The van der Waals surface area contributed by atoms with Gasteiger partial charge in [0.1, 0.15) is 0 Å². The van der Waals surface area contributed by atoms with Gasteiger partial charge in [0, 0.05) is 43.7 Å². The number of rotatable bonds is 3. The van der Waals surface area contributed by atoms with Crippen molar-refractivity contribution < 1.29 is 0 Å². The molecule has 0 aliphatic heterocycles. The Kier molecular flexibility index (Phi) is 8.84. The second-order valence-corrected chi connectivity index (χ2v) is 22.5. The van der Waals surface area contributed by atoms with E-state index in [-0.39, 0.29) is 27.7 Å². The first kappa shape index (κ1) is 40.3. The van der Waals surface area contributed by atoms with Crippen LogP contribution in [-0.4, -0.2) is 13.7 Å². The monoisotopic (exact) mass is 814 g/mol. The lowest BCUT2D eigenvalue weighted by molar-refractivity contribution is 0.590. The van der Waals surface area contributed by atoms with Crippen molar-refractivity contribution in [3.63, 3.8) is 0 Å². The summed E-state index contributed by atoms with van der Waals surface area (Å²) in [6, 6.07) is 43.1. The minimum atomic E-state index is 0.0488. The number of hydrogen-bond acceptors (Lipinski definition) is 0. The van der Waals surface area contributed by atoms with E-state index in [1.165, 1.54) is 105 Å². The maximum Gasteiger partial charge on any atom is 0.0560 e. The summed E-state index contributed by atoms with van der Waals surface area (Å²) in [4.78, 5) is 0. The zero-order valence-corrected chi connectivity index (χ0v) is 39.3. The summed E-state index contributed by atoms with van der Waals surface area (Å²) in [5.41, 5.74) is 16.8. The minimum Gasteiger partial charge on any atom is -0.333 e. The summed E-state index contributed by atoms with van der Waals surface area (Å²) >= 11 is 0. The Labute approximate surface area is 368 Å². The Hall–Kier alpha value is -5.80. The lowest BCUT2D eigenvalue weighted by atomic mass is 9.85. The third-order valence-electron chi connectivity index (χ3n) is 13.9. The largest absolute Gasteiger partial charge is 0.333 e. The maximum atomic E-state index is 2.63. The van der Waals surface area contributed by atoms with Crippen LogP contribution in [0.2, 0.25) is 0 Å². The van der Waals surface area contributed by atoms with Gasteiger partial charge in [-0.3, -0.25) is 0 Å². The van der Waals surface area contributed by atoms with E-state index in [0.29, 0.717) is 0 Å². The Balaban J connectivity index is 1.24. The second kappa shape index (κ2) is 13.6. The molecule has 6 aromatic carbocycles. The van der Waals surface area contributed by atoms with Crippen LogP contribution in [-0.2, 0) is 21.7 Å². The molecule has 0 radical (unpaired) electrons. The predicted molar refractivity (Wildman–Crippen MR) is 269 cm³/mol. The van der Waals surface area contributed by atoms with E-state index in [1.54, 1.807) is 0 Å². The average Bonchev–Trinajstić information content (AvgIpc) is 3.83. The van der Waals surface area contributed by atoms with Crippen LogP contribution < -0.4 is 0 Å². The summed E-state index contributed by atoms with van der Waals surface area (Å²) in [6.45, 7) is 30.0. The van der Waals surface area contributed by atoms with Crippen LogP contribution in [0.25, 0.3) is 76.8 Å². The smallest absolute Gasteiger partial charge is 0.0560 e. The van der Waals surface area contributed by atoms with Gasteiger partial charge in [0.15, 0.2) is 0 Å². The summed E-state index contributed by atoms with van der Waals surface area (Å²) < 4.78 is 7.64. The van der Waals surface area contributed by atoms with Crippen LogP contribution in [0.4, 0.5) is 0 Å². The molecule has 0 fully saturated rings. The number of nitrogens with zero attached hydrogens (tertiary/aromatic N) is 3. The number of benzene rings is 6. The molecule has 0 saturated carbocycles. The zero-order chi connectivity index (χ0) is 43.8. The van der Waals surface area contributed by atoms with Crippen molar-refractivity contribution in [1.29, 1.82) is 0 Å². The van der Waals surface area contributed by atoms with Gasteiger partial charge >= 0.3 is 0 Å². The molecule has 0 amide bonds. The van der Waals surface area contributed by atoms with Crippen molar-refractivity contribution in [3.05, 3.63) is 155 Å². The number of aromatic nitrogens is 3. The van der Waals surface area contributed by atoms with Gasteiger partial charge in [0.2, 0.25) is 0 Å². The molecule has 1 aliphatic carbocycles. The molecule has 0 saturated heterocycles. The van der Waals surface area contributed by atoms with E-state index in [2.05, 4.69) is 231 Å². The van der Waals surface area contributed by atoms with Crippen molar-refractivity contribution in [2.24, 2.45) is 0 Å². The molecular weight excluding hydrogens is 751 g/mol. The van der Waals surface area contributed by atoms with Crippen LogP contribution in [0.15, 0.2) is 133 Å². The van der Waals surface area contributed by atoms with E-state index in [1.807, 2.05) is 0 Å². The van der Waals surface area contributed by atoms with Crippen molar-refractivity contribution in [3.8, 4) is 11.4 Å². The molecule has 1 aliphatic rings. The molecule has 10 rings (SSSR count). The standard InChI is InChI=1S/C59H63N3/c1-36-14-20-41(21-15-36)60-54-34-42(61-50-26-16-37(56(2,3)4)30-46(50)47-31-38(57(5,6)7)17-27-51(47)61)22-24-44(54)45-25-23-43(35-55(45)60)62-52-28-18-39(58(8,9)10)32-48(52)49-33-40(59(11,12)13)19-29-53(49)62/h14-20,22-35,41H,21H2,1-13H3. The fourth-order valence-corrected chi connectivity index (χ4v) is 10.0. The van der Waals surface area contributed by atoms with Gasteiger partial charge in [0.25, 0.3) is 0 Å². The van der Waals surface area contributed by atoms with Crippen molar-refractivity contribution in [2.75, 3.05) is 0 Å². The molecule has 0 N–H and O–H groups in total. The molecule has 0 bridgehead atoms. The summed E-state index contributed by atoms with van der Waals surface area (Å²) in [6.07, 6.45) is 8.07. The molecule has 62 heavy (non-hydrogen) atoms. The fourth-order valence-electron chi connectivity index (χ4n) is 10.0. The Morgan fingerprint density at radius 3 is 1.02 bits per heavy atom. The zero-order valence-electron chi connectivity index (χ0n) is 39.3. The fraction of sp³-hybridized carbons (Fsp3) is 0.322. The van der Waals surface area contributed by atoms with E-state index >= 15 is 0 Å². The Morgan fingerprint density at radius 1 is 0.387 bits per heavy atom. The van der Waals surface area contributed by atoms with E-state index in [0.717, 1.165) is 6.42 Å². The lowest BCUT2D eigenvalue weighted by Gasteiger charge is -2.21.